The molecular weight excluding hydrogens is 342 g/mol. The van der Waals surface area contributed by atoms with Crippen molar-refractivity contribution in [2.24, 2.45) is 0 Å². The molecule has 0 unspecified atom stereocenters. The molecule has 0 radical (unpaired) electrons. The van der Waals surface area contributed by atoms with Gasteiger partial charge in [-0.25, -0.2) is 9.97 Å². The highest BCUT2D eigenvalue weighted by molar-refractivity contribution is 5.77. The monoisotopic (exact) mass is 363 g/mol. The number of nitrogens with zero attached hydrogens (tertiary/aromatic N) is 5. The van der Waals surface area contributed by atoms with Crippen LogP contribution < -0.4 is 0 Å². The quantitative estimate of drug-likeness (QED) is 0.693. The molecule has 0 atom stereocenters. The molecule has 0 spiro atoms. The maximum Gasteiger partial charge on any atom is 0.227 e. The lowest BCUT2D eigenvalue weighted by molar-refractivity contribution is -0.131. The Morgan fingerprint density at radius 1 is 1.26 bits per heavy atom. The van der Waals surface area contributed by atoms with Crippen molar-refractivity contribution in [1.29, 1.82) is 0 Å². The summed E-state index contributed by atoms with van der Waals surface area (Å²) >= 11 is 0. The van der Waals surface area contributed by atoms with Gasteiger partial charge in [0.05, 0.1) is 12.2 Å². The predicted octanol–water partition coefficient (Wildman–Crippen LogP) is 2.87. The van der Waals surface area contributed by atoms with Crippen LogP contribution in [0.2, 0.25) is 0 Å². The molecule has 1 aliphatic rings. The van der Waals surface area contributed by atoms with Gasteiger partial charge in [0.1, 0.15) is 5.82 Å². The number of carbonyl (C=O) groups excluding carboxylic acids is 1. The second-order valence-electron chi connectivity index (χ2n) is 6.74. The lowest BCUT2D eigenvalue weighted by atomic mass is 10.1. The summed E-state index contributed by atoms with van der Waals surface area (Å²) in [6.45, 7) is 5.15. The van der Waals surface area contributed by atoms with E-state index in [9.17, 15) is 4.79 Å². The largest absolute Gasteiger partial charge is 0.339 e. The van der Waals surface area contributed by atoms with Gasteiger partial charge in [-0.1, -0.05) is 35.8 Å². The Balaban J connectivity index is 1.36. The van der Waals surface area contributed by atoms with Gasteiger partial charge in [0, 0.05) is 43.1 Å². The Hall–Kier alpha value is -3.09. The SMILES string of the molecule is CCc1ncc2c(n1)CN(C(=O)CCc1nc(-c3cccc(C)c3)no1)C2. The molecular formula is C20H21N5O2. The minimum absolute atomic E-state index is 0.0568. The second kappa shape index (κ2) is 7.26. The van der Waals surface area contributed by atoms with Crippen LogP contribution in [0.25, 0.3) is 11.4 Å². The van der Waals surface area contributed by atoms with Gasteiger partial charge in [-0.3, -0.25) is 4.79 Å². The van der Waals surface area contributed by atoms with Crippen LogP contribution in [-0.2, 0) is 30.7 Å². The fourth-order valence-electron chi connectivity index (χ4n) is 3.17. The van der Waals surface area contributed by atoms with Crippen LogP contribution in [0.15, 0.2) is 35.0 Å². The molecule has 138 valence electrons. The molecule has 3 aromatic rings. The normalized spacial score (nSPS) is 13.0. The Morgan fingerprint density at radius 3 is 2.96 bits per heavy atom. The minimum Gasteiger partial charge on any atom is -0.339 e. The van der Waals surface area contributed by atoms with Crippen molar-refractivity contribution in [3.63, 3.8) is 0 Å². The van der Waals surface area contributed by atoms with E-state index in [1.807, 2.05) is 44.3 Å². The number of aryl methyl sites for hydroxylation is 3. The van der Waals surface area contributed by atoms with Crippen LogP contribution in [0.5, 0.6) is 0 Å². The topological polar surface area (TPSA) is 85.0 Å². The van der Waals surface area contributed by atoms with Gasteiger partial charge < -0.3 is 9.42 Å². The van der Waals surface area contributed by atoms with Crippen LogP contribution >= 0.6 is 0 Å². The molecule has 1 aliphatic heterocycles. The van der Waals surface area contributed by atoms with E-state index in [0.29, 0.717) is 37.6 Å². The van der Waals surface area contributed by atoms with E-state index in [1.54, 1.807) is 4.90 Å². The Bertz CT molecular complexity index is 982. The number of hydrogen-bond acceptors (Lipinski definition) is 6. The minimum atomic E-state index is 0.0568. The average Bonchev–Trinajstić information content (AvgIpc) is 3.32. The van der Waals surface area contributed by atoms with Crippen LogP contribution in [0.3, 0.4) is 0 Å². The van der Waals surface area contributed by atoms with Gasteiger partial charge in [0.25, 0.3) is 0 Å². The van der Waals surface area contributed by atoms with Gasteiger partial charge in [-0.2, -0.15) is 4.98 Å². The second-order valence-corrected chi connectivity index (χ2v) is 6.74. The molecule has 27 heavy (non-hydrogen) atoms. The van der Waals surface area contributed by atoms with Crippen molar-refractivity contribution in [3.8, 4) is 11.4 Å². The Morgan fingerprint density at radius 2 is 2.15 bits per heavy atom. The highest BCUT2D eigenvalue weighted by Gasteiger charge is 2.25. The molecule has 0 bridgehead atoms. The van der Waals surface area contributed by atoms with E-state index in [4.69, 9.17) is 4.52 Å². The number of rotatable bonds is 5. The highest BCUT2D eigenvalue weighted by Crippen LogP contribution is 2.22. The van der Waals surface area contributed by atoms with Crippen LogP contribution in [-0.4, -0.2) is 30.9 Å². The summed E-state index contributed by atoms with van der Waals surface area (Å²) in [7, 11) is 0. The van der Waals surface area contributed by atoms with Gasteiger partial charge in [-0.15, -0.1) is 0 Å². The molecule has 7 nitrogen and oxygen atoms in total. The summed E-state index contributed by atoms with van der Waals surface area (Å²) in [5, 5.41) is 4.03. The number of hydrogen-bond donors (Lipinski definition) is 0. The van der Waals surface area contributed by atoms with E-state index in [0.717, 1.165) is 34.6 Å². The van der Waals surface area contributed by atoms with Crippen molar-refractivity contribution in [2.75, 3.05) is 0 Å². The summed E-state index contributed by atoms with van der Waals surface area (Å²) in [5.74, 6) is 1.90. The molecule has 0 aliphatic carbocycles. The third kappa shape index (κ3) is 3.72. The number of fused-ring (bicyclic) bond motifs is 1. The first-order valence-corrected chi connectivity index (χ1v) is 9.13. The van der Waals surface area contributed by atoms with Gasteiger partial charge in [0.15, 0.2) is 0 Å². The van der Waals surface area contributed by atoms with Crippen LogP contribution in [0, 0.1) is 6.92 Å². The summed E-state index contributed by atoms with van der Waals surface area (Å²) in [5.41, 5.74) is 4.03. The molecule has 2 aromatic heterocycles. The van der Waals surface area contributed by atoms with Crippen molar-refractivity contribution < 1.29 is 9.32 Å². The number of aromatic nitrogens is 4. The van der Waals surface area contributed by atoms with Gasteiger partial charge in [0.2, 0.25) is 17.6 Å². The molecule has 0 saturated carbocycles. The molecule has 1 amide bonds. The molecule has 0 N–H and O–H groups in total. The van der Waals surface area contributed by atoms with Crippen molar-refractivity contribution in [3.05, 3.63) is 59.0 Å². The van der Waals surface area contributed by atoms with Crippen LogP contribution in [0.4, 0.5) is 0 Å². The maximum atomic E-state index is 12.6. The summed E-state index contributed by atoms with van der Waals surface area (Å²) < 4.78 is 5.31. The molecule has 4 rings (SSSR count). The zero-order valence-electron chi connectivity index (χ0n) is 15.5. The first-order chi connectivity index (χ1) is 13.1. The van der Waals surface area contributed by atoms with E-state index >= 15 is 0 Å². The fourth-order valence-corrected chi connectivity index (χ4v) is 3.17. The van der Waals surface area contributed by atoms with E-state index in [-0.39, 0.29) is 5.91 Å². The van der Waals surface area contributed by atoms with E-state index in [1.165, 1.54) is 0 Å². The highest BCUT2D eigenvalue weighted by atomic mass is 16.5. The molecule has 7 heteroatoms. The summed E-state index contributed by atoms with van der Waals surface area (Å²) in [4.78, 5) is 27.6. The Kier molecular flexibility index (Phi) is 4.66. The lowest BCUT2D eigenvalue weighted by Crippen LogP contribution is -2.25. The summed E-state index contributed by atoms with van der Waals surface area (Å²) in [6.07, 6.45) is 3.39. The molecule has 1 aromatic carbocycles. The third-order valence-electron chi connectivity index (χ3n) is 4.67. The number of benzene rings is 1. The smallest absolute Gasteiger partial charge is 0.227 e. The standard InChI is InChI=1S/C20H21N5O2/c1-3-17-21-10-15-11-25(12-16(15)22-17)19(26)8-7-18-23-20(24-27-18)14-6-4-5-13(2)9-14/h4-6,9-10H,3,7-8,11-12H2,1-2H3. The van der Waals surface area contributed by atoms with E-state index < -0.39 is 0 Å². The predicted molar refractivity (Wildman–Crippen MR) is 98.5 cm³/mol. The van der Waals surface area contributed by atoms with Crippen LogP contribution in [0.1, 0.15) is 41.9 Å². The average molecular weight is 363 g/mol. The fraction of sp³-hybridized carbons (Fsp3) is 0.350. The zero-order valence-corrected chi connectivity index (χ0v) is 15.5. The van der Waals surface area contributed by atoms with Crippen molar-refractivity contribution in [2.45, 2.75) is 46.2 Å². The lowest BCUT2D eigenvalue weighted by Gasteiger charge is -2.14. The van der Waals surface area contributed by atoms with E-state index in [2.05, 4.69) is 20.1 Å². The van der Waals surface area contributed by atoms with Crippen molar-refractivity contribution >= 4 is 5.91 Å². The Labute approximate surface area is 157 Å². The van der Waals surface area contributed by atoms with Gasteiger partial charge in [-0.05, 0) is 13.0 Å². The number of carbonyl (C=O) groups is 1. The van der Waals surface area contributed by atoms with Crippen molar-refractivity contribution in [1.82, 2.24) is 25.0 Å². The summed E-state index contributed by atoms with van der Waals surface area (Å²) in [6, 6.07) is 7.93. The third-order valence-corrected chi connectivity index (χ3v) is 4.67. The molecule has 0 saturated heterocycles. The maximum absolute atomic E-state index is 12.6. The molecule has 0 fully saturated rings. The molecule has 3 heterocycles. The van der Waals surface area contributed by atoms with Gasteiger partial charge >= 0.3 is 0 Å². The zero-order chi connectivity index (χ0) is 18.8. The number of amides is 1. The first-order valence-electron chi connectivity index (χ1n) is 9.13. The first kappa shape index (κ1) is 17.3.